The van der Waals surface area contributed by atoms with Crippen molar-refractivity contribution in [2.45, 2.75) is 26.4 Å². The lowest BCUT2D eigenvalue weighted by Crippen LogP contribution is -2.39. The smallest absolute Gasteiger partial charge is 0.236 e. The molecule has 0 aliphatic rings. The molecule has 21 heavy (non-hydrogen) atoms. The molecule has 0 aliphatic heterocycles. The summed E-state index contributed by atoms with van der Waals surface area (Å²) in [5.41, 5.74) is 6.91. The van der Waals surface area contributed by atoms with E-state index in [1.54, 1.807) is 13.2 Å². The second-order valence-electron chi connectivity index (χ2n) is 5.13. The minimum atomic E-state index is -0.411. The Bertz CT molecular complexity index is 466. The Labute approximate surface area is 125 Å². The molecule has 1 aromatic rings. The van der Waals surface area contributed by atoms with Gasteiger partial charge in [-0.3, -0.25) is 4.79 Å². The van der Waals surface area contributed by atoms with Crippen LogP contribution in [0.3, 0.4) is 0 Å². The second-order valence-corrected chi connectivity index (χ2v) is 5.13. The Kier molecular flexibility index (Phi) is 7.11. The van der Waals surface area contributed by atoms with Crippen LogP contribution in [0.15, 0.2) is 18.2 Å². The number of halogens is 1. The molecule has 1 aromatic carbocycles. The standard InChI is InChI=1S/C15H24FN3O2/c1-11(2)19(10-15(17)20)14-5-4-13(16)8-12(14)9-18-6-7-21-3/h4-5,8,11,18H,6-7,9-10H2,1-3H3,(H2,17,20). The van der Waals surface area contributed by atoms with Crippen LogP contribution < -0.4 is 16.0 Å². The number of anilines is 1. The van der Waals surface area contributed by atoms with E-state index in [0.29, 0.717) is 19.7 Å². The lowest BCUT2D eigenvalue weighted by Gasteiger charge is -2.30. The molecular weight excluding hydrogens is 273 g/mol. The monoisotopic (exact) mass is 297 g/mol. The zero-order chi connectivity index (χ0) is 15.8. The molecule has 118 valence electrons. The summed E-state index contributed by atoms with van der Waals surface area (Å²) in [4.78, 5) is 13.1. The summed E-state index contributed by atoms with van der Waals surface area (Å²) < 4.78 is 18.5. The van der Waals surface area contributed by atoms with Crippen molar-refractivity contribution in [1.82, 2.24) is 5.32 Å². The third-order valence-electron chi connectivity index (χ3n) is 3.10. The number of nitrogens with two attached hydrogens (primary N) is 1. The third kappa shape index (κ3) is 5.69. The van der Waals surface area contributed by atoms with Crippen molar-refractivity contribution in [3.05, 3.63) is 29.6 Å². The highest BCUT2D eigenvalue weighted by molar-refractivity contribution is 5.80. The van der Waals surface area contributed by atoms with Gasteiger partial charge in [-0.1, -0.05) is 0 Å². The van der Waals surface area contributed by atoms with Gasteiger partial charge in [0.05, 0.1) is 13.2 Å². The van der Waals surface area contributed by atoms with E-state index in [-0.39, 0.29) is 18.4 Å². The first kappa shape index (κ1) is 17.4. The van der Waals surface area contributed by atoms with Gasteiger partial charge >= 0.3 is 0 Å². The summed E-state index contributed by atoms with van der Waals surface area (Å²) in [7, 11) is 1.63. The lowest BCUT2D eigenvalue weighted by atomic mass is 10.1. The molecule has 0 unspecified atom stereocenters. The molecule has 0 saturated carbocycles. The number of carbonyl (C=O) groups is 1. The van der Waals surface area contributed by atoms with Crippen molar-refractivity contribution in [3.63, 3.8) is 0 Å². The van der Waals surface area contributed by atoms with Gasteiger partial charge in [0.25, 0.3) is 0 Å². The van der Waals surface area contributed by atoms with Gasteiger partial charge < -0.3 is 20.7 Å². The maximum Gasteiger partial charge on any atom is 0.236 e. The maximum atomic E-state index is 13.5. The third-order valence-corrected chi connectivity index (χ3v) is 3.10. The molecule has 3 N–H and O–H groups in total. The lowest BCUT2D eigenvalue weighted by molar-refractivity contribution is -0.116. The van der Waals surface area contributed by atoms with E-state index < -0.39 is 5.91 Å². The molecule has 1 amide bonds. The van der Waals surface area contributed by atoms with Crippen LogP contribution in [0.5, 0.6) is 0 Å². The van der Waals surface area contributed by atoms with Crippen LogP contribution in [0.4, 0.5) is 10.1 Å². The molecule has 0 spiro atoms. The number of hydrogen-bond acceptors (Lipinski definition) is 4. The van der Waals surface area contributed by atoms with E-state index in [1.165, 1.54) is 12.1 Å². The first-order valence-electron chi connectivity index (χ1n) is 6.98. The zero-order valence-electron chi connectivity index (χ0n) is 12.9. The van der Waals surface area contributed by atoms with Crippen LogP contribution >= 0.6 is 0 Å². The van der Waals surface area contributed by atoms with Crippen LogP contribution in [-0.4, -0.2) is 38.8 Å². The number of carbonyl (C=O) groups excluding carboxylic acids is 1. The van der Waals surface area contributed by atoms with Gasteiger partial charge in [-0.2, -0.15) is 0 Å². The van der Waals surface area contributed by atoms with Crippen LogP contribution in [0.1, 0.15) is 19.4 Å². The van der Waals surface area contributed by atoms with Crippen molar-refractivity contribution in [1.29, 1.82) is 0 Å². The summed E-state index contributed by atoms with van der Waals surface area (Å²) >= 11 is 0. The Hall–Kier alpha value is -1.66. The van der Waals surface area contributed by atoms with Crippen molar-refractivity contribution >= 4 is 11.6 Å². The quantitative estimate of drug-likeness (QED) is 0.673. The Morgan fingerprint density at radius 2 is 2.19 bits per heavy atom. The summed E-state index contributed by atoms with van der Waals surface area (Å²) in [5, 5.41) is 3.18. The molecule has 1 rings (SSSR count). The predicted molar refractivity (Wildman–Crippen MR) is 81.7 cm³/mol. The molecule has 6 heteroatoms. The van der Waals surface area contributed by atoms with E-state index in [1.807, 2.05) is 18.7 Å². The zero-order valence-corrected chi connectivity index (χ0v) is 12.9. The molecule has 0 heterocycles. The maximum absolute atomic E-state index is 13.5. The Morgan fingerprint density at radius 1 is 1.48 bits per heavy atom. The van der Waals surface area contributed by atoms with Gasteiger partial charge in [0, 0.05) is 31.9 Å². The fraction of sp³-hybridized carbons (Fsp3) is 0.533. The van der Waals surface area contributed by atoms with Gasteiger partial charge in [-0.15, -0.1) is 0 Å². The van der Waals surface area contributed by atoms with E-state index in [2.05, 4.69) is 5.32 Å². The average molecular weight is 297 g/mol. The van der Waals surface area contributed by atoms with Crippen LogP contribution in [0.2, 0.25) is 0 Å². The number of ether oxygens (including phenoxy) is 1. The highest BCUT2D eigenvalue weighted by atomic mass is 19.1. The Balaban J connectivity index is 2.94. The summed E-state index contributed by atoms with van der Waals surface area (Å²) in [6, 6.07) is 4.64. The molecule has 0 atom stereocenters. The van der Waals surface area contributed by atoms with Gasteiger partial charge in [-0.25, -0.2) is 4.39 Å². The fourth-order valence-electron chi connectivity index (χ4n) is 2.09. The average Bonchev–Trinajstić information content (AvgIpc) is 2.41. The topological polar surface area (TPSA) is 67.6 Å². The number of benzene rings is 1. The molecule has 0 aliphatic carbocycles. The van der Waals surface area contributed by atoms with E-state index >= 15 is 0 Å². The minimum Gasteiger partial charge on any atom is -0.383 e. The number of nitrogens with one attached hydrogen (secondary N) is 1. The normalized spacial score (nSPS) is 10.9. The first-order chi connectivity index (χ1) is 9.95. The number of rotatable bonds is 9. The second kappa shape index (κ2) is 8.59. The van der Waals surface area contributed by atoms with Gasteiger partial charge in [0.1, 0.15) is 5.82 Å². The number of methoxy groups -OCH3 is 1. The number of primary amides is 1. The molecule has 0 radical (unpaired) electrons. The minimum absolute atomic E-state index is 0.0840. The highest BCUT2D eigenvalue weighted by Gasteiger charge is 2.17. The van der Waals surface area contributed by atoms with Crippen molar-refractivity contribution in [2.75, 3.05) is 31.7 Å². The van der Waals surface area contributed by atoms with Crippen molar-refractivity contribution in [3.8, 4) is 0 Å². The van der Waals surface area contributed by atoms with E-state index in [0.717, 1.165) is 11.3 Å². The Morgan fingerprint density at radius 3 is 2.76 bits per heavy atom. The first-order valence-corrected chi connectivity index (χ1v) is 6.98. The van der Waals surface area contributed by atoms with Crippen LogP contribution in [0.25, 0.3) is 0 Å². The number of amides is 1. The molecule has 0 aromatic heterocycles. The summed E-state index contributed by atoms with van der Waals surface area (Å²) in [6.45, 7) is 5.79. The predicted octanol–water partition coefficient (Wildman–Crippen LogP) is 1.26. The summed E-state index contributed by atoms with van der Waals surface area (Å²) in [5.74, 6) is -0.712. The summed E-state index contributed by atoms with van der Waals surface area (Å²) in [6.07, 6.45) is 0. The highest BCUT2D eigenvalue weighted by Crippen LogP contribution is 2.23. The molecule has 0 saturated heterocycles. The fourth-order valence-corrected chi connectivity index (χ4v) is 2.09. The van der Waals surface area contributed by atoms with E-state index in [4.69, 9.17) is 10.5 Å². The largest absolute Gasteiger partial charge is 0.383 e. The molecule has 5 nitrogen and oxygen atoms in total. The molecular formula is C15H24FN3O2. The van der Waals surface area contributed by atoms with Gasteiger partial charge in [0.15, 0.2) is 0 Å². The van der Waals surface area contributed by atoms with E-state index in [9.17, 15) is 9.18 Å². The van der Waals surface area contributed by atoms with Crippen LogP contribution in [0, 0.1) is 5.82 Å². The van der Waals surface area contributed by atoms with Crippen molar-refractivity contribution in [2.24, 2.45) is 5.73 Å². The SMILES string of the molecule is COCCNCc1cc(F)ccc1N(CC(N)=O)C(C)C. The van der Waals surface area contributed by atoms with Gasteiger partial charge in [0.2, 0.25) is 5.91 Å². The van der Waals surface area contributed by atoms with Crippen LogP contribution in [-0.2, 0) is 16.1 Å². The number of hydrogen-bond donors (Lipinski definition) is 2. The molecule has 0 bridgehead atoms. The van der Waals surface area contributed by atoms with Gasteiger partial charge in [-0.05, 0) is 37.6 Å². The molecule has 0 fully saturated rings. The number of nitrogens with zero attached hydrogens (tertiary/aromatic N) is 1. The van der Waals surface area contributed by atoms with Crippen molar-refractivity contribution < 1.29 is 13.9 Å².